The number of para-hydroxylation sites is 1. The summed E-state index contributed by atoms with van der Waals surface area (Å²) in [7, 11) is 0. The molecule has 1 aromatic rings. The van der Waals surface area contributed by atoms with Gasteiger partial charge in [0, 0.05) is 12.0 Å². The number of hydrogen-bond donors (Lipinski definition) is 1. The van der Waals surface area contributed by atoms with Gasteiger partial charge >= 0.3 is 6.18 Å². The number of alkyl halides is 3. The van der Waals surface area contributed by atoms with Crippen molar-refractivity contribution in [2.24, 2.45) is 11.8 Å². The predicted octanol–water partition coefficient (Wildman–Crippen LogP) is 4.02. The Bertz CT molecular complexity index is 505. The lowest BCUT2D eigenvalue weighted by molar-refractivity contribution is -0.185. The van der Waals surface area contributed by atoms with Crippen LogP contribution in [0.5, 0.6) is 5.75 Å². The molecule has 1 aromatic carbocycles. The van der Waals surface area contributed by atoms with Crippen molar-refractivity contribution in [1.82, 2.24) is 0 Å². The van der Waals surface area contributed by atoms with Gasteiger partial charge in [-0.3, -0.25) is 0 Å². The van der Waals surface area contributed by atoms with E-state index in [0.717, 1.165) is 23.3 Å². The van der Waals surface area contributed by atoms with Crippen molar-refractivity contribution in [1.29, 1.82) is 0 Å². The molecule has 1 aliphatic heterocycles. The molecule has 1 saturated carbocycles. The molecule has 0 aromatic heterocycles. The highest BCUT2D eigenvalue weighted by Crippen LogP contribution is 2.45. The van der Waals surface area contributed by atoms with Gasteiger partial charge in [0.05, 0.1) is 18.6 Å². The summed E-state index contributed by atoms with van der Waals surface area (Å²) in [6.45, 7) is 0.611. The summed E-state index contributed by atoms with van der Waals surface area (Å²) in [6, 6.07) is 5.68. The first-order chi connectivity index (χ1) is 9.97. The number of rotatable bonds is 2. The molecule has 1 unspecified atom stereocenters. The van der Waals surface area contributed by atoms with Crippen molar-refractivity contribution in [2.75, 3.05) is 6.61 Å². The molecule has 0 amide bonds. The summed E-state index contributed by atoms with van der Waals surface area (Å²) in [5.74, 6) is -0.582. The fraction of sp³-hybridized carbons (Fsp3) is 0.625. The summed E-state index contributed by atoms with van der Waals surface area (Å²) in [5.41, 5.74) is 1.82. The summed E-state index contributed by atoms with van der Waals surface area (Å²) >= 11 is 0. The van der Waals surface area contributed by atoms with Gasteiger partial charge in [0.1, 0.15) is 5.75 Å². The molecule has 3 rings (SSSR count). The molecule has 0 radical (unpaired) electrons. The van der Waals surface area contributed by atoms with E-state index >= 15 is 0 Å². The Hall–Kier alpha value is -1.23. The molecule has 5 heteroatoms. The predicted molar refractivity (Wildman–Crippen MR) is 72.1 cm³/mol. The van der Waals surface area contributed by atoms with Crippen LogP contribution < -0.4 is 4.74 Å². The highest BCUT2D eigenvalue weighted by atomic mass is 19.4. The zero-order valence-corrected chi connectivity index (χ0v) is 11.7. The topological polar surface area (TPSA) is 29.5 Å². The van der Waals surface area contributed by atoms with E-state index in [2.05, 4.69) is 0 Å². The van der Waals surface area contributed by atoms with Crippen LogP contribution >= 0.6 is 0 Å². The molecule has 1 fully saturated rings. The van der Waals surface area contributed by atoms with Gasteiger partial charge in [-0.05, 0) is 37.2 Å². The lowest BCUT2D eigenvalue weighted by atomic mass is 9.77. The monoisotopic (exact) mass is 300 g/mol. The molecule has 0 saturated heterocycles. The normalized spacial score (nSPS) is 27.0. The first-order valence-electron chi connectivity index (χ1n) is 7.46. The second-order valence-corrected chi connectivity index (χ2v) is 6.03. The lowest BCUT2D eigenvalue weighted by Gasteiger charge is -2.32. The van der Waals surface area contributed by atoms with Gasteiger partial charge < -0.3 is 9.84 Å². The van der Waals surface area contributed by atoms with Crippen LogP contribution in [0.1, 0.15) is 42.9 Å². The van der Waals surface area contributed by atoms with Crippen LogP contribution in [0.25, 0.3) is 0 Å². The van der Waals surface area contributed by atoms with Gasteiger partial charge in [-0.25, -0.2) is 0 Å². The van der Waals surface area contributed by atoms with Gasteiger partial charge in [0.15, 0.2) is 0 Å². The molecule has 0 bridgehead atoms. The Morgan fingerprint density at radius 1 is 1.14 bits per heavy atom. The Kier molecular flexibility index (Phi) is 3.86. The zero-order chi connectivity index (χ0) is 15.0. The second kappa shape index (κ2) is 5.52. The fourth-order valence-corrected chi connectivity index (χ4v) is 3.49. The van der Waals surface area contributed by atoms with E-state index in [1.807, 2.05) is 18.2 Å². The van der Waals surface area contributed by atoms with Crippen LogP contribution in [0.2, 0.25) is 0 Å². The van der Waals surface area contributed by atoms with Gasteiger partial charge in [0.25, 0.3) is 0 Å². The third kappa shape index (κ3) is 2.89. The molecule has 2 nitrogen and oxygen atoms in total. The van der Waals surface area contributed by atoms with E-state index in [4.69, 9.17) is 4.74 Å². The van der Waals surface area contributed by atoms with Crippen LogP contribution in [0.4, 0.5) is 13.2 Å². The summed E-state index contributed by atoms with van der Waals surface area (Å²) in [6.07, 6.45) is -2.96. The summed E-state index contributed by atoms with van der Waals surface area (Å²) in [4.78, 5) is 0. The van der Waals surface area contributed by atoms with Gasteiger partial charge in [-0.2, -0.15) is 13.2 Å². The Morgan fingerprint density at radius 2 is 1.86 bits per heavy atom. The maximum absolute atomic E-state index is 12.7. The molecule has 1 N–H and O–H groups in total. The summed E-state index contributed by atoms with van der Waals surface area (Å²) < 4.78 is 43.6. The van der Waals surface area contributed by atoms with Crippen molar-refractivity contribution in [3.05, 3.63) is 29.3 Å². The lowest BCUT2D eigenvalue weighted by Crippen LogP contribution is -2.29. The number of ether oxygens (including phenoxy) is 1. The quantitative estimate of drug-likeness (QED) is 0.893. The van der Waals surface area contributed by atoms with E-state index in [0.29, 0.717) is 19.4 Å². The number of halogens is 3. The SMILES string of the molecule is OC(c1cccc2c1OCC2)C1CCC(C(F)(F)F)CC1. The standard InChI is InChI=1S/C16H19F3O2/c17-16(18,19)12-6-4-10(5-7-12)14(20)13-3-1-2-11-8-9-21-15(11)13/h1-3,10,12,14,20H,4-9H2. The number of aliphatic hydroxyl groups is 1. The van der Waals surface area contributed by atoms with Crippen LogP contribution in [-0.2, 0) is 6.42 Å². The average molecular weight is 300 g/mol. The van der Waals surface area contributed by atoms with Gasteiger partial charge in [-0.15, -0.1) is 0 Å². The van der Waals surface area contributed by atoms with Crippen LogP contribution in [0, 0.1) is 11.8 Å². The van der Waals surface area contributed by atoms with Crippen molar-refractivity contribution >= 4 is 0 Å². The number of aliphatic hydroxyl groups excluding tert-OH is 1. The second-order valence-electron chi connectivity index (χ2n) is 6.03. The number of hydrogen-bond acceptors (Lipinski definition) is 2. The van der Waals surface area contributed by atoms with E-state index in [1.54, 1.807) is 0 Å². The molecule has 1 atom stereocenters. The Morgan fingerprint density at radius 3 is 2.52 bits per heavy atom. The molecule has 1 heterocycles. The van der Waals surface area contributed by atoms with E-state index < -0.39 is 18.2 Å². The smallest absolute Gasteiger partial charge is 0.391 e. The van der Waals surface area contributed by atoms with Crippen LogP contribution in [0.3, 0.4) is 0 Å². The molecule has 116 valence electrons. The number of fused-ring (bicyclic) bond motifs is 1. The molecular weight excluding hydrogens is 281 g/mol. The minimum absolute atomic E-state index is 0.112. The molecule has 1 aliphatic carbocycles. The van der Waals surface area contributed by atoms with Crippen molar-refractivity contribution < 1.29 is 23.0 Å². The van der Waals surface area contributed by atoms with E-state index in [9.17, 15) is 18.3 Å². The van der Waals surface area contributed by atoms with Crippen molar-refractivity contribution in [3.63, 3.8) is 0 Å². The van der Waals surface area contributed by atoms with E-state index in [-0.39, 0.29) is 18.8 Å². The van der Waals surface area contributed by atoms with Gasteiger partial charge in [0.2, 0.25) is 0 Å². The molecular formula is C16H19F3O2. The number of benzene rings is 1. The first kappa shape index (κ1) is 14.7. The first-order valence-corrected chi connectivity index (χ1v) is 7.46. The Labute approximate surface area is 121 Å². The summed E-state index contributed by atoms with van der Waals surface area (Å²) in [5, 5.41) is 10.5. The maximum Gasteiger partial charge on any atom is 0.391 e. The molecule has 0 spiro atoms. The maximum atomic E-state index is 12.7. The average Bonchev–Trinajstić information content (AvgIpc) is 2.94. The third-order valence-electron chi connectivity index (χ3n) is 4.74. The Balaban J connectivity index is 1.70. The highest BCUT2D eigenvalue weighted by Gasteiger charge is 2.42. The van der Waals surface area contributed by atoms with Crippen LogP contribution in [-0.4, -0.2) is 17.9 Å². The van der Waals surface area contributed by atoms with Crippen molar-refractivity contribution in [2.45, 2.75) is 44.4 Å². The van der Waals surface area contributed by atoms with E-state index in [1.165, 1.54) is 0 Å². The molecule has 2 aliphatic rings. The fourth-order valence-electron chi connectivity index (χ4n) is 3.49. The highest BCUT2D eigenvalue weighted by molar-refractivity contribution is 5.45. The zero-order valence-electron chi connectivity index (χ0n) is 11.7. The van der Waals surface area contributed by atoms with Crippen LogP contribution in [0.15, 0.2) is 18.2 Å². The van der Waals surface area contributed by atoms with Gasteiger partial charge in [-0.1, -0.05) is 18.2 Å². The largest absolute Gasteiger partial charge is 0.493 e. The molecule has 21 heavy (non-hydrogen) atoms. The third-order valence-corrected chi connectivity index (χ3v) is 4.74. The minimum atomic E-state index is -4.10. The minimum Gasteiger partial charge on any atom is -0.493 e. The van der Waals surface area contributed by atoms with Crippen molar-refractivity contribution in [3.8, 4) is 5.75 Å².